The Morgan fingerprint density at radius 3 is 2.59 bits per heavy atom. The summed E-state index contributed by atoms with van der Waals surface area (Å²) >= 11 is 0. The Morgan fingerprint density at radius 1 is 1.30 bits per heavy atom. The minimum Gasteiger partial charge on any atom is -0.378 e. The molecule has 2 fully saturated rings. The molecule has 9 heteroatoms. The quantitative estimate of drug-likeness (QED) is 0.735. The third-order valence-electron chi connectivity index (χ3n) is 5.26. The predicted octanol–water partition coefficient (Wildman–Crippen LogP) is 0.145. The molecule has 27 heavy (non-hydrogen) atoms. The van der Waals surface area contributed by atoms with Gasteiger partial charge in [0.15, 0.2) is 0 Å². The molecule has 0 aliphatic carbocycles. The van der Waals surface area contributed by atoms with E-state index in [9.17, 15) is 9.59 Å². The molecule has 8 nitrogen and oxygen atoms in total. The first-order valence-electron chi connectivity index (χ1n) is 9.33. The van der Waals surface area contributed by atoms with Gasteiger partial charge in [-0.25, -0.2) is 0 Å². The fourth-order valence-electron chi connectivity index (χ4n) is 3.69. The summed E-state index contributed by atoms with van der Waals surface area (Å²) in [5.41, 5.74) is 1.05. The maximum Gasteiger partial charge on any atom is 0.245 e. The smallest absolute Gasteiger partial charge is 0.245 e. The summed E-state index contributed by atoms with van der Waals surface area (Å²) in [5, 5.41) is 10.5. The van der Waals surface area contributed by atoms with Crippen LogP contribution in [0, 0.1) is 11.8 Å². The standard InChI is InChI=1S/C18H29N5O3.ClH/c1-12(2)16(18(25)23-4-6-26-7-5-23)21-17(24)15-10-19-9-14(15)13-8-20-22(3)11-13;/h8,11-12,14-16,19H,4-7,9-10H2,1-3H3,(H,21,24);1H/t14-,15+,16?;/m1./s1. The molecule has 0 spiro atoms. The predicted molar refractivity (Wildman–Crippen MR) is 104 cm³/mol. The minimum atomic E-state index is -0.504. The summed E-state index contributed by atoms with van der Waals surface area (Å²) in [7, 11) is 1.87. The number of hydrogen-bond donors (Lipinski definition) is 2. The molecule has 0 radical (unpaired) electrons. The first kappa shape index (κ1) is 21.7. The van der Waals surface area contributed by atoms with E-state index in [0.717, 1.165) is 12.1 Å². The SMILES string of the molecule is CC(C)C(NC(=O)[C@H]1CNC[C@@H]1c1cnn(C)c1)C(=O)N1CCOCC1.Cl. The Labute approximate surface area is 166 Å². The number of halogens is 1. The number of nitrogens with one attached hydrogen (secondary N) is 2. The molecule has 2 amide bonds. The number of morpholine rings is 1. The number of hydrogen-bond acceptors (Lipinski definition) is 5. The summed E-state index contributed by atoms with van der Waals surface area (Å²) in [4.78, 5) is 27.6. The second-order valence-corrected chi connectivity index (χ2v) is 7.49. The number of aryl methyl sites for hydroxylation is 1. The monoisotopic (exact) mass is 399 g/mol. The highest BCUT2D eigenvalue weighted by Crippen LogP contribution is 2.28. The van der Waals surface area contributed by atoms with Crippen molar-refractivity contribution in [3.63, 3.8) is 0 Å². The van der Waals surface area contributed by atoms with Crippen molar-refractivity contribution in [2.75, 3.05) is 39.4 Å². The Morgan fingerprint density at radius 2 is 2.00 bits per heavy atom. The van der Waals surface area contributed by atoms with Gasteiger partial charge >= 0.3 is 0 Å². The maximum absolute atomic E-state index is 13.0. The summed E-state index contributed by atoms with van der Waals surface area (Å²) < 4.78 is 7.07. The summed E-state index contributed by atoms with van der Waals surface area (Å²) in [6.45, 7) is 7.57. The van der Waals surface area contributed by atoms with E-state index in [1.54, 1.807) is 9.58 Å². The molecular weight excluding hydrogens is 370 g/mol. The molecule has 3 heterocycles. The number of ether oxygens (including phenoxy) is 1. The van der Waals surface area contributed by atoms with Gasteiger partial charge in [-0.1, -0.05) is 13.8 Å². The van der Waals surface area contributed by atoms with Gasteiger partial charge in [-0.2, -0.15) is 5.10 Å². The molecule has 3 atom stereocenters. The van der Waals surface area contributed by atoms with Crippen LogP contribution in [0.15, 0.2) is 12.4 Å². The van der Waals surface area contributed by atoms with Gasteiger partial charge in [0.2, 0.25) is 11.8 Å². The molecule has 1 aromatic rings. The van der Waals surface area contributed by atoms with Gasteiger partial charge in [-0.3, -0.25) is 14.3 Å². The number of aromatic nitrogens is 2. The normalized spacial score (nSPS) is 23.8. The zero-order chi connectivity index (χ0) is 18.7. The molecule has 2 saturated heterocycles. The first-order chi connectivity index (χ1) is 12.5. The van der Waals surface area contributed by atoms with Crippen LogP contribution < -0.4 is 10.6 Å². The van der Waals surface area contributed by atoms with E-state index in [2.05, 4.69) is 15.7 Å². The lowest BCUT2D eigenvalue weighted by Gasteiger charge is -2.33. The molecule has 1 aromatic heterocycles. The van der Waals surface area contributed by atoms with Crippen molar-refractivity contribution in [3.05, 3.63) is 18.0 Å². The number of nitrogens with zero attached hydrogens (tertiary/aromatic N) is 3. The Balaban J connectivity index is 0.00000261. The van der Waals surface area contributed by atoms with Crippen LogP contribution in [-0.4, -0.2) is 71.9 Å². The van der Waals surface area contributed by atoms with Crippen LogP contribution >= 0.6 is 12.4 Å². The second kappa shape index (κ2) is 9.52. The van der Waals surface area contributed by atoms with Crippen molar-refractivity contribution in [1.82, 2.24) is 25.3 Å². The number of carbonyl (C=O) groups is 2. The lowest BCUT2D eigenvalue weighted by molar-refractivity contribution is -0.141. The summed E-state index contributed by atoms with van der Waals surface area (Å²) in [5.74, 6) is -0.168. The van der Waals surface area contributed by atoms with E-state index in [4.69, 9.17) is 4.74 Å². The van der Waals surface area contributed by atoms with Crippen LogP contribution in [0.4, 0.5) is 0 Å². The minimum absolute atomic E-state index is 0. The van der Waals surface area contributed by atoms with Gasteiger partial charge in [0, 0.05) is 45.3 Å². The lowest BCUT2D eigenvalue weighted by atomic mass is 9.89. The van der Waals surface area contributed by atoms with E-state index in [1.807, 2.05) is 33.3 Å². The molecule has 3 rings (SSSR count). The van der Waals surface area contributed by atoms with Crippen molar-refractivity contribution >= 4 is 24.2 Å². The molecule has 0 bridgehead atoms. The van der Waals surface area contributed by atoms with E-state index < -0.39 is 6.04 Å². The fourth-order valence-corrected chi connectivity index (χ4v) is 3.69. The van der Waals surface area contributed by atoms with Gasteiger partial charge in [-0.15, -0.1) is 12.4 Å². The third-order valence-corrected chi connectivity index (χ3v) is 5.26. The first-order valence-corrected chi connectivity index (χ1v) is 9.33. The van der Waals surface area contributed by atoms with Crippen LogP contribution in [0.1, 0.15) is 25.3 Å². The van der Waals surface area contributed by atoms with Crippen molar-refractivity contribution < 1.29 is 14.3 Å². The third kappa shape index (κ3) is 5.00. The highest BCUT2D eigenvalue weighted by Gasteiger charge is 2.37. The van der Waals surface area contributed by atoms with Crippen LogP contribution in [0.25, 0.3) is 0 Å². The molecule has 0 saturated carbocycles. The number of rotatable bonds is 5. The van der Waals surface area contributed by atoms with Crippen LogP contribution in [0.3, 0.4) is 0 Å². The Bertz CT molecular complexity index is 645. The average molecular weight is 400 g/mol. The van der Waals surface area contributed by atoms with Crippen LogP contribution in [0.5, 0.6) is 0 Å². The largest absolute Gasteiger partial charge is 0.378 e. The van der Waals surface area contributed by atoms with Crippen molar-refractivity contribution in [3.8, 4) is 0 Å². The zero-order valence-electron chi connectivity index (χ0n) is 16.2. The van der Waals surface area contributed by atoms with E-state index in [-0.39, 0.29) is 42.0 Å². The lowest BCUT2D eigenvalue weighted by Crippen LogP contribution is -2.55. The highest BCUT2D eigenvalue weighted by molar-refractivity contribution is 5.89. The van der Waals surface area contributed by atoms with Gasteiger partial charge in [0.05, 0.1) is 25.3 Å². The molecule has 1 unspecified atom stereocenters. The molecule has 2 aliphatic heterocycles. The van der Waals surface area contributed by atoms with E-state index >= 15 is 0 Å². The van der Waals surface area contributed by atoms with E-state index in [0.29, 0.717) is 32.8 Å². The fraction of sp³-hybridized carbons (Fsp3) is 0.722. The second-order valence-electron chi connectivity index (χ2n) is 7.49. The Kier molecular flexibility index (Phi) is 7.64. The van der Waals surface area contributed by atoms with Crippen molar-refractivity contribution in [2.24, 2.45) is 18.9 Å². The maximum atomic E-state index is 13.0. The molecule has 0 aromatic carbocycles. The Hall–Kier alpha value is -1.64. The van der Waals surface area contributed by atoms with Crippen LogP contribution in [0.2, 0.25) is 0 Å². The topological polar surface area (TPSA) is 88.5 Å². The van der Waals surface area contributed by atoms with E-state index in [1.165, 1.54) is 0 Å². The summed E-state index contributed by atoms with van der Waals surface area (Å²) in [6, 6.07) is -0.504. The van der Waals surface area contributed by atoms with Gasteiger partial charge in [0.25, 0.3) is 0 Å². The zero-order valence-corrected chi connectivity index (χ0v) is 17.0. The van der Waals surface area contributed by atoms with Gasteiger partial charge in [-0.05, 0) is 11.5 Å². The van der Waals surface area contributed by atoms with Crippen molar-refractivity contribution in [2.45, 2.75) is 25.8 Å². The molecular formula is C18H30ClN5O3. The number of amides is 2. The average Bonchev–Trinajstić information content (AvgIpc) is 3.28. The van der Waals surface area contributed by atoms with Crippen LogP contribution in [-0.2, 0) is 21.4 Å². The van der Waals surface area contributed by atoms with Gasteiger partial charge in [0.1, 0.15) is 6.04 Å². The highest BCUT2D eigenvalue weighted by atomic mass is 35.5. The number of carbonyl (C=O) groups excluding carboxylic acids is 2. The molecule has 152 valence electrons. The van der Waals surface area contributed by atoms with Crippen molar-refractivity contribution in [1.29, 1.82) is 0 Å². The summed E-state index contributed by atoms with van der Waals surface area (Å²) in [6.07, 6.45) is 3.77. The molecule has 2 N–H and O–H groups in total. The molecule has 2 aliphatic rings. The van der Waals surface area contributed by atoms with Gasteiger partial charge < -0.3 is 20.3 Å².